The number of nitrogens with one attached hydrogen (secondary N) is 1. The first kappa shape index (κ1) is 14.0. The van der Waals surface area contributed by atoms with E-state index in [1.807, 2.05) is 6.20 Å². The summed E-state index contributed by atoms with van der Waals surface area (Å²) < 4.78 is 0. The maximum Gasteiger partial charge on any atom is 0.0605 e. The van der Waals surface area contributed by atoms with Gasteiger partial charge in [-0.15, -0.1) is 0 Å². The summed E-state index contributed by atoms with van der Waals surface area (Å²) in [6.45, 7) is 6.03. The zero-order valence-electron chi connectivity index (χ0n) is 12.9. The summed E-state index contributed by atoms with van der Waals surface area (Å²) in [6.07, 6.45) is 8.27. The van der Waals surface area contributed by atoms with Gasteiger partial charge in [0, 0.05) is 18.8 Å². The summed E-state index contributed by atoms with van der Waals surface area (Å²) in [6, 6.07) is 4.78. The summed E-state index contributed by atoms with van der Waals surface area (Å²) >= 11 is 0. The van der Waals surface area contributed by atoms with Gasteiger partial charge in [-0.25, -0.2) is 0 Å². The minimum absolute atomic E-state index is 0.457. The summed E-state index contributed by atoms with van der Waals surface area (Å²) in [7, 11) is 2.23. The van der Waals surface area contributed by atoms with Crippen LogP contribution in [0, 0.1) is 5.41 Å². The summed E-state index contributed by atoms with van der Waals surface area (Å²) in [5, 5.41) is 3.82. The van der Waals surface area contributed by atoms with Crippen LogP contribution in [0.3, 0.4) is 0 Å². The van der Waals surface area contributed by atoms with Crippen LogP contribution in [-0.4, -0.2) is 36.6 Å². The van der Waals surface area contributed by atoms with E-state index in [4.69, 9.17) is 0 Å². The van der Waals surface area contributed by atoms with Gasteiger partial charge in [-0.05, 0) is 69.3 Å². The standard InChI is InChI=1S/C17H27N3/c1-17(8-11-20(2)12-9-17)13-19-15-7-3-5-14-6-4-10-18-16(14)15/h4,6,10,15,19H,3,5,7-9,11-13H2,1-2H3. The fourth-order valence-corrected chi connectivity index (χ4v) is 3.51. The SMILES string of the molecule is CN1CCC(C)(CNC2CCCc3cccnc32)CC1. The number of nitrogens with zero attached hydrogens (tertiary/aromatic N) is 2. The fourth-order valence-electron chi connectivity index (χ4n) is 3.51. The lowest BCUT2D eigenvalue weighted by molar-refractivity contribution is 0.132. The Hall–Kier alpha value is -0.930. The van der Waals surface area contributed by atoms with Gasteiger partial charge in [0.2, 0.25) is 0 Å². The molecule has 3 nitrogen and oxygen atoms in total. The molecule has 1 N–H and O–H groups in total. The highest BCUT2D eigenvalue weighted by molar-refractivity contribution is 5.25. The maximum atomic E-state index is 4.63. The van der Waals surface area contributed by atoms with Crippen molar-refractivity contribution in [1.29, 1.82) is 0 Å². The smallest absolute Gasteiger partial charge is 0.0605 e. The molecule has 0 bridgehead atoms. The highest BCUT2D eigenvalue weighted by Gasteiger charge is 2.30. The van der Waals surface area contributed by atoms with Crippen molar-refractivity contribution in [3.63, 3.8) is 0 Å². The average Bonchev–Trinajstić information content (AvgIpc) is 2.49. The molecule has 0 aromatic carbocycles. The molecule has 1 aromatic rings. The van der Waals surface area contributed by atoms with Crippen molar-refractivity contribution >= 4 is 0 Å². The summed E-state index contributed by atoms with van der Waals surface area (Å²) in [4.78, 5) is 7.07. The number of pyridine rings is 1. The number of aromatic nitrogens is 1. The molecule has 1 saturated heterocycles. The van der Waals surface area contributed by atoms with Crippen LogP contribution < -0.4 is 5.32 Å². The summed E-state index contributed by atoms with van der Waals surface area (Å²) in [5.41, 5.74) is 3.21. The molecule has 1 unspecified atom stereocenters. The predicted molar refractivity (Wildman–Crippen MR) is 82.8 cm³/mol. The van der Waals surface area contributed by atoms with Crippen molar-refractivity contribution in [2.45, 2.75) is 45.1 Å². The maximum absolute atomic E-state index is 4.63. The molecule has 0 amide bonds. The van der Waals surface area contributed by atoms with Crippen molar-refractivity contribution in [2.75, 3.05) is 26.7 Å². The van der Waals surface area contributed by atoms with Crippen molar-refractivity contribution in [2.24, 2.45) is 5.41 Å². The molecule has 1 aliphatic heterocycles. The number of hydrogen-bond acceptors (Lipinski definition) is 3. The number of rotatable bonds is 3. The molecule has 3 heteroatoms. The minimum atomic E-state index is 0.457. The van der Waals surface area contributed by atoms with E-state index in [1.54, 1.807) is 0 Å². The largest absolute Gasteiger partial charge is 0.308 e. The number of aryl methyl sites for hydroxylation is 1. The lowest BCUT2D eigenvalue weighted by Crippen LogP contribution is -2.43. The average molecular weight is 273 g/mol. The van der Waals surface area contributed by atoms with Gasteiger partial charge in [0.25, 0.3) is 0 Å². The van der Waals surface area contributed by atoms with E-state index in [-0.39, 0.29) is 0 Å². The van der Waals surface area contributed by atoms with Crippen LogP contribution in [0.1, 0.15) is 49.9 Å². The van der Waals surface area contributed by atoms with E-state index >= 15 is 0 Å². The van der Waals surface area contributed by atoms with Crippen molar-refractivity contribution in [3.8, 4) is 0 Å². The number of piperidine rings is 1. The monoisotopic (exact) mass is 273 g/mol. The van der Waals surface area contributed by atoms with Crippen LogP contribution in [0.25, 0.3) is 0 Å². The molecule has 2 heterocycles. The Morgan fingerprint density at radius 1 is 1.40 bits per heavy atom. The van der Waals surface area contributed by atoms with Gasteiger partial charge in [-0.2, -0.15) is 0 Å². The zero-order valence-corrected chi connectivity index (χ0v) is 12.9. The van der Waals surface area contributed by atoms with Gasteiger partial charge < -0.3 is 10.2 Å². The highest BCUT2D eigenvalue weighted by atomic mass is 15.1. The summed E-state index contributed by atoms with van der Waals surface area (Å²) in [5.74, 6) is 0. The highest BCUT2D eigenvalue weighted by Crippen LogP contribution is 2.32. The Morgan fingerprint density at radius 2 is 2.20 bits per heavy atom. The van der Waals surface area contributed by atoms with Gasteiger partial charge >= 0.3 is 0 Å². The molecule has 1 aromatic heterocycles. The molecule has 2 aliphatic rings. The van der Waals surface area contributed by atoms with E-state index in [0.29, 0.717) is 11.5 Å². The van der Waals surface area contributed by atoms with Gasteiger partial charge in [0.05, 0.1) is 5.69 Å². The third-order valence-electron chi connectivity index (χ3n) is 5.16. The van der Waals surface area contributed by atoms with Crippen LogP contribution in [0.2, 0.25) is 0 Å². The van der Waals surface area contributed by atoms with Crippen LogP contribution in [0.5, 0.6) is 0 Å². The molecule has 1 fully saturated rings. The molecule has 110 valence electrons. The zero-order chi connectivity index (χ0) is 14.0. The molecule has 1 atom stereocenters. The van der Waals surface area contributed by atoms with Gasteiger partial charge in [-0.1, -0.05) is 13.0 Å². The number of likely N-dealkylation sites (tertiary alicyclic amines) is 1. The Morgan fingerprint density at radius 3 is 3.00 bits per heavy atom. The van der Waals surface area contributed by atoms with E-state index in [0.717, 1.165) is 6.54 Å². The van der Waals surface area contributed by atoms with Crippen LogP contribution >= 0.6 is 0 Å². The Labute approximate surface area is 122 Å². The number of fused-ring (bicyclic) bond motifs is 1. The lowest BCUT2D eigenvalue weighted by Gasteiger charge is -2.39. The fraction of sp³-hybridized carbons (Fsp3) is 0.706. The molecular formula is C17H27N3. The second-order valence-electron chi connectivity index (χ2n) is 6.99. The molecular weight excluding hydrogens is 246 g/mol. The first-order valence-electron chi connectivity index (χ1n) is 8.02. The van der Waals surface area contributed by atoms with E-state index in [1.165, 1.54) is 56.5 Å². The van der Waals surface area contributed by atoms with E-state index in [2.05, 4.69) is 41.3 Å². The van der Waals surface area contributed by atoms with Gasteiger partial charge in [0.15, 0.2) is 0 Å². The molecule has 0 spiro atoms. The third-order valence-corrected chi connectivity index (χ3v) is 5.16. The van der Waals surface area contributed by atoms with Crippen molar-refractivity contribution < 1.29 is 0 Å². The first-order chi connectivity index (χ1) is 9.66. The second-order valence-corrected chi connectivity index (χ2v) is 6.99. The second kappa shape index (κ2) is 5.82. The minimum Gasteiger partial charge on any atom is -0.308 e. The Balaban J connectivity index is 1.62. The molecule has 0 radical (unpaired) electrons. The molecule has 0 saturated carbocycles. The van der Waals surface area contributed by atoms with Gasteiger partial charge in [0.1, 0.15) is 0 Å². The lowest BCUT2D eigenvalue weighted by atomic mass is 9.80. The quantitative estimate of drug-likeness (QED) is 0.918. The molecule has 20 heavy (non-hydrogen) atoms. The van der Waals surface area contributed by atoms with E-state index < -0.39 is 0 Å². The predicted octanol–water partition coefficient (Wildman–Crippen LogP) is 2.78. The van der Waals surface area contributed by atoms with E-state index in [9.17, 15) is 0 Å². The topological polar surface area (TPSA) is 28.2 Å². The third kappa shape index (κ3) is 3.04. The van der Waals surface area contributed by atoms with Crippen molar-refractivity contribution in [1.82, 2.24) is 15.2 Å². The van der Waals surface area contributed by atoms with Crippen LogP contribution in [0.4, 0.5) is 0 Å². The van der Waals surface area contributed by atoms with Gasteiger partial charge in [-0.3, -0.25) is 4.98 Å². The van der Waals surface area contributed by atoms with Crippen molar-refractivity contribution in [3.05, 3.63) is 29.6 Å². The molecule has 1 aliphatic carbocycles. The Kier molecular flexibility index (Phi) is 4.08. The Bertz CT molecular complexity index is 449. The number of hydrogen-bond donors (Lipinski definition) is 1. The van der Waals surface area contributed by atoms with Crippen LogP contribution in [0.15, 0.2) is 18.3 Å². The molecule has 3 rings (SSSR count). The van der Waals surface area contributed by atoms with Crippen LogP contribution in [-0.2, 0) is 6.42 Å². The first-order valence-corrected chi connectivity index (χ1v) is 8.02. The normalized spacial score (nSPS) is 26.2.